The molecule has 0 saturated heterocycles. The van der Waals surface area contributed by atoms with Crippen LogP contribution in [-0.4, -0.2) is 22.0 Å². The first-order valence-electron chi connectivity index (χ1n) is 12.9. The van der Waals surface area contributed by atoms with Crippen LogP contribution in [0.1, 0.15) is 92.0 Å². The first kappa shape index (κ1) is 25.0. The number of carbonyl (C=O) groups is 1. The number of hydrogen-bond donors (Lipinski definition) is 1. The van der Waals surface area contributed by atoms with Crippen molar-refractivity contribution < 1.29 is 4.79 Å². The lowest BCUT2D eigenvalue weighted by molar-refractivity contribution is 0.0953. The minimum atomic E-state index is -0.00546. The lowest BCUT2D eigenvalue weighted by Crippen LogP contribution is -2.27. The van der Waals surface area contributed by atoms with Crippen molar-refractivity contribution in [3.05, 3.63) is 65.0 Å². The number of nitrogens with one attached hydrogen (secondary N) is 1. The lowest BCUT2D eigenvalue weighted by Gasteiger charge is -2.11. The summed E-state index contributed by atoms with van der Waals surface area (Å²) < 4.78 is 2.36. The van der Waals surface area contributed by atoms with E-state index in [1.165, 1.54) is 68.9 Å². The van der Waals surface area contributed by atoms with Gasteiger partial charge in [-0.15, -0.1) is 0 Å². The van der Waals surface area contributed by atoms with Gasteiger partial charge in [-0.3, -0.25) is 4.79 Å². The molecular formula is C29H41N3O. The maximum Gasteiger partial charge on any atom is 0.251 e. The number of para-hydroxylation sites is 2. The third-order valence-electron chi connectivity index (χ3n) is 6.48. The van der Waals surface area contributed by atoms with Gasteiger partial charge in [-0.2, -0.15) is 0 Å². The standard InChI is InChI=1S/C29H41N3O/c1-4-5-6-7-8-9-10-11-14-21-32-27-16-13-12-15-26(27)31-28(32)19-20-30-29(33)25-18-17-23(2)22-24(25)3/h12-13,15-18,22H,4-11,14,19-21H2,1-3H3,(H,30,33). The van der Waals surface area contributed by atoms with Gasteiger partial charge in [0.2, 0.25) is 0 Å². The molecule has 0 bridgehead atoms. The van der Waals surface area contributed by atoms with Gasteiger partial charge in [0.25, 0.3) is 5.91 Å². The highest BCUT2D eigenvalue weighted by Gasteiger charge is 2.12. The number of benzene rings is 2. The van der Waals surface area contributed by atoms with Gasteiger partial charge < -0.3 is 9.88 Å². The van der Waals surface area contributed by atoms with E-state index in [0.29, 0.717) is 6.54 Å². The smallest absolute Gasteiger partial charge is 0.251 e. The molecule has 33 heavy (non-hydrogen) atoms. The molecule has 1 heterocycles. The van der Waals surface area contributed by atoms with E-state index in [9.17, 15) is 4.79 Å². The van der Waals surface area contributed by atoms with E-state index in [0.717, 1.165) is 35.4 Å². The number of carbonyl (C=O) groups excluding carboxylic acids is 1. The van der Waals surface area contributed by atoms with E-state index in [1.54, 1.807) is 0 Å². The van der Waals surface area contributed by atoms with Crippen LogP contribution in [0.5, 0.6) is 0 Å². The zero-order valence-electron chi connectivity index (χ0n) is 20.8. The molecule has 178 valence electrons. The number of aryl methyl sites for hydroxylation is 3. The second kappa shape index (κ2) is 13.2. The molecule has 0 saturated carbocycles. The van der Waals surface area contributed by atoms with Crippen molar-refractivity contribution in [3.63, 3.8) is 0 Å². The molecule has 2 aromatic carbocycles. The maximum absolute atomic E-state index is 12.6. The second-order valence-electron chi connectivity index (χ2n) is 9.32. The summed E-state index contributed by atoms with van der Waals surface area (Å²) in [6, 6.07) is 14.3. The molecule has 0 fully saturated rings. The molecule has 0 aliphatic heterocycles. The Bertz CT molecular complexity index is 1020. The first-order valence-corrected chi connectivity index (χ1v) is 12.9. The average molecular weight is 448 g/mol. The van der Waals surface area contributed by atoms with Crippen LogP contribution in [0.4, 0.5) is 0 Å². The van der Waals surface area contributed by atoms with Crippen molar-refractivity contribution in [1.29, 1.82) is 0 Å². The number of amides is 1. The van der Waals surface area contributed by atoms with Crippen LogP contribution in [0, 0.1) is 13.8 Å². The summed E-state index contributed by atoms with van der Waals surface area (Å²) in [7, 11) is 0. The Labute approximate surface area is 199 Å². The minimum Gasteiger partial charge on any atom is -0.352 e. The predicted molar refractivity (Wildman–Crippen MR) is 139 cm³/mol. The van der Waals surface area contributed by atoms with Crippen LogP contribution in [0.15, 0.2) is 42.5 Å². The van der Waals surface area contributed by atoms with Gasteiger partial charge in [0, 0.05) is 25.1 Å². The third kappa shape index (κ3) is 7.45. The van der Waals surface area contributed by atoms with Crippen LogP contribution in [-0.2, 0) is 13.0 Å². The fraction of sp³-hybridized carbons (Fsp3) is 0.517. The van der Waals surface area contributed by atoms with Crippen molar-refractivity contribution >= 4 is 16.9 Å². The molecule has 4 heteroatoms. The summed E-state index contributed by atoms with van der Waals surface area (Å²) in [6.07, 6.45) is 12.7. The van der Waals surface area contributed by atoms with Gasteiger partial charge in [-0.25, -0.2) is 4.98 Å². The lowest BCUT2D eigenvalue weighted by atomic mass is 10.1. The second-order valence-corrected chi connectivity index (χ2v) is 9.32. The molecular weight excluding hydrogens is 406 g/mol. The largest absolute Gasteiger partial charge is 0.352 e. The molecule has 3 rings (SSSR count). The fourth-order valence-electron chi connectivity index (χ4n) is 4.60. The summed E-state index contributed by atoms with van der Waals surface area (Å²) in [4.78, 5) is 17.5. The molecule has 0 aliphatic rings. The van der Waals surface area contributed by atoms with Gasteiger partial charge in [0.05, 0.1) is 11.0 Å². The Kier molecular flexibility index (Phi) is 9.99. The molecule has 1 N–H and O–H groups in total. The molecule has 0 unspecified atom stereocenters. The third-order valence-corrected chi connectivity index (χ3v) is 6.48. The molecule has 0 spiro atoms. The van der Waals surface area contributed by atoms with E-state index in [2.05, 4.69) is 41.1 Å². The van der Waals surface area contributed by atoms with E-state index in [4.69, 9.17) is 4.98 Å². The van der Waals surface area contributed by atoms with Gasteiger partial charge in [-0.05, 0) is 44.0 Å². The SMILES string of the molecule is CCCCCCCCCCCn1c(CCNC(=O)c2ccc(C)cc2C)nc2ccccc21. The minimum absolute atomic E-state index is 0.00546. The van der Waals surface area contributed by atoms with Gasteiger partial charge in [0.15, 0.2) is 0 Å². The van der Waals surface area contributed by atoms with Crippen LogP contribution < -0.4 is 5.32 Å². The van der Waals surface area contributed by atoms with Crippen LogP contribution in [0.2, 0.25) is 0 Å². The quantitative estimate of drug-likeness (QED) is 0.267. The molecule has 1 amide bonds. The number of rotatable bonds is 14. The van der Waals surface area contributed by atoms with Gasteiger partial charge in [-0.1, -0.05) is 88.1 Å². The molecule has 4 nitrogen and oxygen atoms in total. The highest BCUT2D eigenvalue weighted by Crippen LogP contribution is 2.18. The number of unbranched alkanes of at least 4 members (excludes halogenated alkanes) is 8. The number of hydrogen-bond acceptors (Lipinski definition) is 2. The van der Waals surface area contributed by atoms with Crippen molar-refractivity contribution in [2.24, 2.45) is 0 Å². The Balaban J connectivity index is 1.51. The zero-order chi connectivity index (χ0) is 23.5. The predicted octanol–water partition coefficient (Wildman–Crippen LogP) is 7.16. The van der Waals surface area contributed by atoms with E-state index >= 15 is 0 Å². The summed E-state index contributed by atoms with van der Waals surface area (Å²) in [5.41, 5.74) is 5.19. The molecule has 0 aliphatic carbocycles. The zero-order valence-corrected chi connectivity index (χ0v) is 20.8. The highest BCUT2D eigenvalue weighted by atomic mass is 16.1. The fourth-order valence-corrected chi connectivity index (χ4v) is 4.60. The van der Waals surface area contributed by atoms with Gasteiger partial charge >= 0.3 is 0 Å². The van der Waals surface area contributed by atoms with Crippen LogP contribution in [0.25, 0.3) is 11.0 Å². The number of nitrogens with zero attached hydrogens (tertiary/aromatic N) is 2. The normalized spacial score (nSPS) is 11.2. The molecule has 0 atom stereocenters. The molecule has 3 aromatic rings. The maximum atomic E-state index is 12.6. The van der Waals surface area contributed by atoms with Crippen LogP contribution >= 0.6 is 0 Å². The molecule has 1 aromatic heterocycles. The Morgan fingerprint density at radius 2 is 1.61 bits per heavy atom. The van der Waals surface area contributed by atoms with Crippen molar-refractivity contribution in [1.82, 2.24) is 14.9 Å². The topological polar surface area (TPSA) is 46.9 Å². The van der Waals surface area contributed by atoms with Crippen LogP contribution in [0.3, 0.4) is 0 Å². The average Bonchev–Trinajstić information content (AvgIpc) is 3.15. The number of aromatic nitrogens is 2. The number of imidazole rings is 1. The summed E-state index contributed by atoms with van der Waals surface area (Å²) in [5.74, 6) is 1.06. The van der Waals surface area contributed by atoms with Crippen molar-refractivity contribution in [3.8, 4) is 0 Å². The van der Waals surface area contributed by atoms with E-state index < -0.39 is 0 Å². The van der Waals surface area contributed by atoms with Gasteiger partial charge in [0.1, 0.15) is 5.82 Å². The monoisotopic (exact) mass is 447 g/mol. The summed E-state index contributed by atoms with van der Waals surface area (Å²) in [5, 5.41) is 3.09. The molecule has 0 radical (unpaired) electrons. The van der Waals surface area contributed by atoms with Crippen molar-refractivity contribution in [2.75, 3.05) is 6.54 Å². The van der Waals surface area contributed by atoms with E-state index in [1.807, 2.05) is 32.0 Å². The Hall–Kier alpha value is -2.62. The van der Waals surface area contributed by atoms with Crippen molar-refractivity contribution in [2.45, 2.75) is 91.5 Å². The van der Waals surface area contributed by atoms with E-state index in [-0.39, 0.29) is 5.91 Å². The first-order chi connectivity index (χ1) is 16.1. The Morgan fingerprint density at radius 1 is 0.909 bits per heavy atom. The summed E-state index contributed by atoms with van der Waals surface area (Å²) in [6.45, 7) is 7.90. The highest BCUT2D eigenvalue weighted by molar-refractivity contribution is 5.95. The Morgan fingerprint density at radius 3 is 2.33 bits per heavy atom. The summed E-state index contributed by atoms with van der Waals surface area (Å²) >= 11 is 0. The number of fused-ring (bicyclic) bond motifs is 1.